The smallest absolute Gasteiger partial charge is 0.344 e. The van der Waals surface area contributed by atoms with Crippen LogP contribution in [0.15, 0.2) is 30.3 Å². The van der Waals surface area contributed by atoms with E-state index in [0.717, 1.165) is 0 Å². The highest BCUT2D eigenvalue weighted by atomic mass is 32.2. The van der Waals surface area contributed by atoms with E-state index in [4.69, 9.17) is 38.9 Å². The molecule has 1 saturated carbocycles. The van der Waals surface area contributed by atoms with Gasteiger partial charge in [-0.15, -0.1) is 0 Å². The maximum atomic E-state index is 15.7. The summed E-state index contributed by atoms with van der Waals surface area (Å²) in [6.45, 7) is -2.61. The van der Waals surface area contributed by atoms with Crippen molar-refractivity contribution in [2.75, 3.05) is 18.9 Å². The van der Waals surface area contributed by atoms with Crippen LogP contribution in [0.1, 0.15) is 65.8 Å². The number of carbonyl (C=O) groups is 10. The molecule has 5 aliphatic rings. The summed E-state index contributed by atoms with van der Waals surface area (Å²) >= 11 is 0.000473. The van der Waals surface area contributed by atoms with Crippen molar-refractivity contribution in [3.05, 3.63) is 58.1 Å². The Hall–Kier alpha value is -10.6. The number of carboxylic acid groups (broad SMARTS) is 3. The molecule has 37 heteroatoms. The number of aliphatic carboxylic acids is 3. The summed E-state index contributed by atoms with van der Waals surface area (Å²) in [5, 5.41) is 175. The minimum Gasteiger partial charge on any atom is -0.504 e. The second-order valence-electron chi connectivity index (χ2n) is 20.0. The molecule has 0 aromatic heterocycles. The van der Waals surface area contributed by atoms with Gasteiger partial charge in [-0.1, -0.05) is 0 Å². The number of aliphatic hydroxyl groups is 2. The van der Waals surface area contributed by atoms with Gasteiger partial charge in [-0.2, -0.15) is 11.8 Å². The molecule has 0 radical (unpaired) electrons. The van der Waals surface area contributed by atoms with E-state index in [0.29, 0.717) is 30.3 Å². The first-order chi connectivity index (χ1) is 41.2. The van der Waals surface area contributed by atoms with Gasteiger partial charge >= 0.3 is 47.8 Å². The molecule has 4 aromatic carbocycles. The number of rotatable bonds is 14. The van der Waals surface area contributed by atoms with Crippen LogP contribution in [0, 0.1) is 5.92 Å². The first-order valence-electron chi connectivity index (χ1n) is 25.1. The summed E-state index contributed by atoms with van der Waals surface area (Å²) in [4.78, 5) is 138. The molecule has 1 aliphatic carbocycles. The molecule has 4 aromatic rings. The van der Waals surface area contributed by atoms with E-state index in [-0.39, 0.29) is 11.8 Å². The van der Waals surface area contributed by atoms with Crippen LogP contribution >= 0.6 is 11.8 Å². The number of hydrogen-bond donors (Lipinski definition) is 19. The zero-order valence-electron chi connectivity index (χ0n) is 43.8. The third-order valence-corrected chi connectivity index (χ3v) is 16.2. The van der Waals surface area contributed by atoms with Crippen molar-refractivity contribution in [3.63, 3.8) is 0 Å². The Balaban J connectivity index is 1.25. The zero-order chi connectivity index (χ0) is 64.7. The minimum atomic E-state index is -4.04. The topological polar surface area (TPSA) is 609 Å². The number of esters is 5. The monoisotopic (exact) mass is 1260 g/mol. The van der Waals surface area contributed by atoms with Gasteiger partial charge in [0.2, 0.25) is 47.1 Å². The fourth-order valence-corrected chi connectivity index (χ4v) is 12.1. The number of nitrogens with two attached hydrogens (primary N) is 1. The largest absolute Gasteiger partial charge is 0.504 e. The SMILES string of the molecule is N[C@@H](CCC(=O)NC(CS[C@H]1[C@@H]2C(=O)O[C@H]3[C@H]4OC(=O)c5cc(O)c(O)c(O)c5-c5c(cc(O)c(O)c5O)C(=O)OC[C@H]3O[C@@H](OC(=O)c3cc(O)c(O)c(O)c3)[C@@H]4OC(=O)c3cc(O)c(O)c4c3[C@H]2[C@@](O)(O4)C1(O)C(=O)O)C(=O)NCC(=O)O)C(=O)O. The molecule has 1 saturated heterocycles. The number of nitrogens with one attached hydrogen (secondary N) is 2. The highest BCUT2D eigenvalue weighted by Gasteiger charge is 2.81. The third kappa shape index (κ3) is 10.3. The van der Waals surface area contributed by atoms with Crippen LogP contribution in [0.5, 0.6) is 69.0 Å². The van der Waals surface area contributed by atoms with Gasteiger partial charge in [0.1, 0.15) is 31.3 Å². The molecule has 9 rings (SSSR count). The predicted molar refractivity (Wildman–Crippen MR) is 274 cm³/mol. The number of cyclic esters (lactones) is 1. The standard InChI is InChI=1S/C51H45N3O33S/c52-15(42(70)71)1-2-23(60)54-16(41(69)53-8-24(61)62)10-88-40-28-29-27-14(7-21(59)33(66)37(27)87-51(29,80)50(40,79)49(77)78)46(75)85-39-38-36(83-47(28)76)22(82-48(39)86-43(72)11-3-17(55)30(63)18(56)4-11)9-81-44(73)12-5-19(57)31(64)34(67)25(12)26-13(45(74)84-38)6-20(58)32(65)35(26)68/h3-7,15-16,22,28-29,36,38-40,48,55-59,63-68,79-80H,1-2,8-10,52H2,(H,53,69)(H,54,60)(H,61,62)(H,70,71)(H,77,78)/t15-,16?,22+,28+,29+,36+,38+,39+,40-,48-,50?,51+/m0/s1. The van der Waals surface area contributed by atoms with Crippen LogP contribution in [0.3, 0.4) is 0 Å². The predicted octanol–water partition coefficient (Wildman–Crippen LogP) is -2.87. The lowest BCUT2D eigenvalue weighted by molar-refractivity contribution is -0.287. The number of ether oxygens (including phenoxy) is 7. The lowest BCUT2D eigenvalue weighted by Gasteiger charge is -2.44. The quantitative estimate of drug-likeness (QED) is 0.0343. The number of benzene rings is 4. The Labute approximate surface area is 490 Å². The highest BCUT2D eigenvalue weighted by molar-refractivity contribution is 8.00. The van der Waals surface area contributed by atoms with E-state index in [1.165, 1.54) is 0 Å². The van der Waals surface area contributed by atoms with E-state index in [1.54, 1.807) is 0 Å². The first-order valence-corrected chi connectivity index (χ1v) is 26.1. The Morgan fingerprint density at radius 3 is 1.81 bits per heavy atom. The van der Waals surface area contributed by atoms with E-state index in [1.807, 2.05) is 5.32 Å². The highest BCUT2D eigenvalue weighted by Crippen LogP contribution is 2.66. The number of carboxylic acids is 3. The fraction of sp³-hybridized carbons (Fsp3) is 0.333. The molecule has 4 heterocycles. The summed E-state index contributed by atoms with van der Waals surface area (Å²) in [5.74, 6) is -44.3. The number of fused-ring (bicyclic) bond motifs is 3. The second kappa shape index (κ2) is 22.7. The molecule has 2 amide bonds. The number of hydrogen-bond acceptors (Lipinski definition) is 32. The normalized spacial score (nSPS) is 25.7. The lowest BCUT2D eigenvalue weighted by atomic mass is 9.83. The molecule has 36 nitrogen and oxygen atoms in total. The van der Waals surface area contributed by atoms with Crippen LogP contribution in [0.4, 0.5) is 0 Å². The molecule has 4 bridgehead atoms. The first kappa shape index (κ1) is 61.9. The second-order valence-corrected chi connectivity index (χ2v) is 21.1. The van der Waals surface area contributed by atoms with E-state index >= 15 is 14.4 Å². The van der Waals surface area contributed by atoms with Crippen molar-refractivity contribution in [3.8, 4) is 80.1 Å². The van der Waals surface area contributed by atoms with Gasteiger partial charge in [0.25, 0.3) is 5.79 Å². The summed E-state index contributed by atoms with van der Waals surface area (Å²) in [6, 6.07) is -1.67. The summed E-state index contributed by atoms with van der Waals surface area (Å²) < 4.78 is 40.2. The fourth-order valence-electron chi connectivity index (χ4n) is 10.5. The van der Waals surface area contributed by atoms with Crippen LogP contribution < -0.4 is 21.1 Å². The molecule has 88 heavy (non-hydrogen) atoms. The van der Waals surface area contributed by atoms with Crippen LogP contribution in [-0.2, 0) is 57.2 Å². The van der Waals surface area contributed by atoms with E-state index < -0.39 is 271 Å². The van der Waals surface area contributed by atoms with Gasteiger partial charge in [-0.25, -0.2) is 24.0 Å². The molecular formula is C51H45N3O33S. The Kier molecular flexibility index (Phi) is 15.9. The van der Waals surface area contributed by atoms with Crippen molar-refractivity contribution in [1.82, 2.24) is 10.6 Å². The third-order valence-electron chi connectivity index (χ3n) is 14.7. The van der Waals surface area contributed by atoms with Crippen molar-refractivity contribution < 1.29 is 163 Å². The van der Waals surface area contributed by atoms with Crippen molar-refractivity contribution in [2.45, 2.75) is 78.2 Å². The Morgan fingerprint density at radius 2 is 1.23 bits per heavy atom. The van der Waals surface area contributed by atoms with Gasteiger partial charge in [0.05, 0.1) is 39.3 Å². The van der Waals surface area contributed by atoms with Crippen molar-refractivity contribution in [1.29, 1.82) is 0 Å². The maximum absolute atomic E-state index is 15.7. The number of thioether (sulfide) groups is 1. The number of amides is 2. The number of aromatic hydroxyl groups is 11. The Bertz CT molecular complexity index is 3700. The number of phenolic OH excluding ortho intramolecular Hbond substituents is 11. The number of phenols is 11. The molecule has 0 spiro atoms. The average molecular weight is 1260 g/mol. The van der Waals surface area contributed by atoms with Gasteiger partial charge in [0.15, 0.2) is 64.0 Å². The Morgan fingerprint density at radius 1 is 0.682 bits per heavy atom. The van der Waals surface area contributed by atoms with Crippen molar-refractivity contribution >= 4 is 71.3 Å². The average Bonchev–Trinajstić information content (AvgIpc) is 1.52. The summed E-state index contributed by atoms with van der Waals surface area (Å²) in [7, 11) is 0. The van der Waals surface area contributed by atoms with E-state index in [2.05, 4.69) is 5.32 Å². The van der Waals surface area contributed by atoms with Crippen LogP contribution in [0.2, 0.25) is 0 Å². The van der Waals surface area contributed by atoms with Gasteiger partial charge in [0, 0.05) is 28.9 Å². The number of carbonyl (C=O) groups excluding carboxylic acids is 7. The van der Waals surface area contributed by atoms with E-state index in [9.17, 15) is 115 Å². The molecule has 2 unspecified atom stereocenters. The molecule has 2 fully saturated rings. The molecular weight excluding hydrogens is 1210 g/mol. The maximum Gasteiger partial charge on any atom is 0.344 e. The molecule has 12 atom stereocenters. The zero-order valence-corrected chi connectivity index (χ0v) is 44.6. The summed E-state index contributed by atoms with van der Waals surface area (Å²) in [6.07, 6.45) is -14.6. The minimum absolute atomic E-state index is 0.000473. The molecule has 20 N–H and O–H groups in total. The van der Waals surface area contributed by atoms with Gasteiger partial charge in [-0.3, -0.25) is 24.0 Å². The van der Waals surface area contributed by atoms with Crippen LogP contribution in [-0.4, -0.2) is 220 Å². The van der Waals surface area contributed by atoms with Crippen molar-refractivity contribution in [2.24, 2.45) is 11.7 Å². The molecule has 468 valence electrons. The summed E-state index contributed by atoms with van der Waals surface area (Å²) in [5.41, 5.74) is -6.40. The van der Waals surface area contributed by atoms with Gasteiger partial charge in [-0.05, 0) is 36.8 Å². The molecule has 4 aliphatic heterocycles. The van der Waals surface area contributed by atoms with Crippen LogP contribution in [0.25, 0.3) is 11.1 Å². The van der Waals surface area contributed by atoms with Gasteiger partial charge < -0.3 is 131 Å². The lowest BCUT2D eigenvalue weighted by Crippen LogP contribution is -2.64.